The van der Waals surface area contributed by atoms with Gasteiger partial charge in [0, 0.05) is 51.9 Å². The minimum atomic E-state index is -0.0227. The van der Waals surface area contributed by atoms with E-state index in [0.717, 1.165) is 68.5 Å². The maximum absolute atomic E-state index is 12.3. The Balaban J connectivity index is 0.00000320. The van der Waals surface area contributed by atoms with Crippen LogP contribution < -0.4 is 16.0 Å². The number of aliphatic imine (C=N–C) groups is 1. The molecule has 0 bridgehead atoms. The first-order valence-corrected chi connectivity index (χ1v) is 10.2. The molecule has 1 aliphatic rings. The molecule has 2 aromatic rings. The van der Waals surface area contributed by atoms with Crippen LogP contribution in [0.5, 0.6) is 0 Å². The molecule has 30 heavy (non-hydrogen) atoms. The number of benzene rings is 1. The van der Waals surface area contributed by atoms with Crippen molar-refractivity contribution in [2.24, 2.45) is 4.99 Å². The molecule has 10 heteroatoms. The average Bonchev–Trinajstić information content (AvgIpc) is 3.42. The molecule has 0 atom stereocenters. The number of amides is 2. The number of likely N-dealkylation sites (tertiary alicyclic amines) is 1. The molecule has 0 spiro atoms. The monoisotopic (exact) mass is 526 g/mol. The highest BCUT2D eigenvalue weighted by atomic mass is 127. The molecule has 1 aromatic carbocycles. The van der Waals surface area contributed by atoms with Gasteiger partial charge >= 0.3 is 6.03 Å². The van der Waals surface area contributed by atoms with Crippen molar-refractivity contribution in [1.29, 1.82) is 0 Å². The minimum Gasteiger partial charge on any atom is -0.355 e. The van der Waals surface area contributed by atoms with Crippen LogP contribution in [0.4, 0.5) is 10.5 Å². The van der Waals surface area contributed by atoms with Crippen LogP contribution >= 0.6 is 24.0 Å². The van der Waals surface area contributed by atoms with E-state index >= 15 is 0 Å². The number of guanidine groups is 1. The van der Waals surface area contributed by atoms with Crippen molar-refractivity contribution in [3.8, 4) is 0 Å². The molecule has 9 nitrogen and oxygen atoms in total. The number of anilines is 1. The highest BCUT2D eigenvalue weighted by Crippen LogP contribution is 2.14. The van der Waals surface area contributed by atoms with Crippen molar-refractivity contribution in [2.45, 2.75) is 39.3 Å². The molecular formula is C20H31IN8O. The first-order chi connectivity index (χ1) is 14.2. The third-order valence-corrected chi connectivity index (χ3v) is 4.91. The van der Waals surface area contributed by atoms with Crippen LogP contribution in [-0.4, -0.2) is 58.3 Å². The zero-order chi connectivity index (χ0) is 20.5. The van der Waals surface area contributed by atoms with E-state index in [2.05, 4.69) is 38.1 Å². The highest BCUT2D eigenvalue weighted by Gasteiger charge is 2.17. The SMILES string of the molecule is CCc1nncn1CCNC(=NC)NCc1cccc(NC(=O)N2CCCC2)c1.I. The van der Waals surface area contributed by atoms with Crippen molar-refractivity contribution in [3.05, 3.63) is 42.0 Å². The van der Waals surface area contributed by atoms with Crippen molar-refractivity contribution < 1.29 is 4.79 Å². The van der Waals surface area contributed by atoms with E-state index in [1.807, 2.05) is 33.7 Å². The Labute approximate surface area is 194 Å². The van der Waals surface area contributed by atoms with Gasteiger partial charge in [0.25, 0.3) is 0 Å². The zero-order valence-electron chi connectivity index (χ0n) is 17.6. The predicted molar refractivity (Wildman–Crippen MR) is 129 cm³/mol. The number of hydrogen-bond donors (Lipinski definition) is 3. The molecule has 1 fully saturated rings. The van der Waals surface area contributed by atoms with Gasteiger partial charge < -0.3 is 25.4 Å². The van der Waals surface area contributed by atoms with Crippen LogP contribution in [-0.2, 0) is 19.5 Å². The molecule has 0 aliphatic carbocycles. The molecule has 164 valence electrons. The summed E-state index contributed by atoms with van der Waals surface area (Å²) in [5.41, 5.74) is 1.88. The average molecular weight is 526 g/mol. The Morgan fingerprint density at radius 2 is 2.03 bits per heavy atom. The fraction of sp³-hybridized carbons (Fsp3) is 0.500. The van der Waals surface area contributed by atoms with Crippen LogP contribution in [0.1, 0.15) is 31.2 Å². The molecule has 2 amide bonds. The molecule has 0 unspecified atom stereocenters. The topological polar surface area (TPSA) is 99.5 Å². The molecule has 0 radical (unpaired) electrons. The molecule has 0 saturated carbocycles. The van der Waals surface area contributed by atoms with E-state index in [0.29, 0.717) is 6.54 Å². The van der Waals surface area contributed by atoms with Gasteiger partial charge in [-0.15, -0.1) is 34.2 Å². The van der Waals surface area contributed by atoms with Gasteiger partial charge in [0.2, 0.25) is 0 Å². The second-order valence-corrected chi connectivity index (χ2v) is 6.97. The number of urea groups is 1. The normalized spacial score (nSPS) is 13.7. The maximum atomic E-state index is 12.3. The summed E-state index contributed by atoms with van der Waals surface area (Å²) in [5.74, 6) is 1.70. The molecule has 1 aliphatic heterocycles. The highest BCUT2D eigenvalue weighted by molar-refractivity contribution is 14.0. The van der Waals surface area contributed by atoms with Crippen molar-refractivity contribution in [1.82, 2.24) is 30.3 Å². The number of carbonyl (C=O) groups excluding carboxylic acids is 1. The Hall–Kier alpha value is -2.37. The van der Waals surface area contributed by atoms with E-state index < -0.39 is 0 Å². The quantitative estimate of drug-likeness (QED) is 0.293. The number of hydrogen-bond acceptors (Lipinski definition) is 4. The molecule has 1 saturated heterocycles. The van der Waals surface area contributed by atoms with E-state index in [-0.39, 0.29) is 30.0 Å². The van der Waals surface area contributed by atoms with Crippen LogP contribution in [0.15, 0.2) is 35.6 Å². The van der Waals surface area contributed by atoms with Crippen molar-refractivity contribution in [2.75, 3.05) is 32.0 Å². The summed E-state index contributed by atoms with van der Waals surface area (Å²) in [6.07, 6.45) is 4.78. The maximum Gasteiger partial charge on any atom is 0.321 e. The predicted octanol–water partition coefficient (Wildman–Crippen LogP) is 2.45. The number of aromatic nitrogens is 3. The second kappa shape index (κ2) is 12.4. The molecule has 3 rings (SSSR count). The fourth-order valence-corrected chi connectivity index (χ4v) is 3.32. The Morgan fingerprint density at radius 3 is 2.77 bits per heavy atom. The Morgan fingerprint density at radius 1 is 1.23 bits per heavy atom. The number of nitrogens with zero attached hydrogens (tertiary/aromatic N) is 5. The summed E-state index contributed by atoms with van der Waals surface area (Å²) in [6.45, 7) is 5.84. The summed E-state index contributed by atoms with van der Waals surface area (Å²) >= 11 is 0. The van der Waals surface area contributed by atoms with Gasteiger partial charge in [-0.25, -0.2) is 4.79 Å². The molecule has 3 N–H and O–H groups in total. The molecular weight excluding hydrogens is 495 g/mol. The standard InChI is InChI=1S/C20H30N8O.HI/c1-3-18-26-24-15-28(18)12-9-22-19(21-2)23-14-16-7-6-8-17(13-16)25-20(29)27-10-4-5-11-27;/h6-8,13,15H,3-5,9-12,14H2,1-2H3,(H,25,29)(H2,21,22,23);1H. The lowest BCUT2D eigenvalue weighted by Gasteiger charge is -2.17. The molecule has 1 aromatic heterocycles. The second-order valence-electron chi connectivity index (χ2n) is 6.97. The minimum absolute atomic E-state index is 0. The smallest absolute Gasteiger partial charge is 0.321 e. The van der Waals surface area contributed by atoms with E-state index in [4.69, 9.17) is 0 Å². The summed E-state index contributed by atoms with van der Waals surface area (Å²) in [7, 11) is 1.75. The Bertz CT molecular complexity index is 832. The summed E-state index contributed by atoms with van der Waals surface area (Å²) < 4.78 is 2.03. The van der Waals surface area contributed by atoms with Gasteiger partial charge in [0.05, 0.1) is 0 Å². The number of rotatable bonds is 7. The molecule has 2 heterocycles. The first kappa shape index (κ1) is 23.9. The van der Waals surface area contributed by atoms with E-state index in [1.165, 1.54) is 0 Å². The van der Waals surface area contributed by atoms with Gasteiger partial charge in [-0.05, 0) is 30.5 Å². The van der Waals surface area contributed by atoms with Crippen LogP contribution in [0.3, 0.4) is 0 Å². The number of carbonyl (C=O) groups is 1. The zero-order valence-corrected chi connectivity index (χ0v) is 19.9. The number of halogens is 1. The van der Waals surface area contributed by atoms with Crippen molar-refractivity contribution >= 4 is 41.7 Å². The van der Waals surface area contributed by atoms with Gasteiger partial charge in [0.1, 0.15) is 12.2 Å². The third kappa shape index (κ3) is 6.85. The van der Waals surface area contributed by atoms with Crippen LogP contribution in [0.25, 0.3) is 0 Å². The fourth-order valence-electron chi connectivity index (χ4n) is 3.32. The first-order valence-electron chi connectivity index (χ1n) is 10.2. The van der Waals surface area contributed by atoms with Crippen LogP contribution in [0.2, 0.25) is 0 Å². The van der Waals surface area contributed by atoms with Gasteiger partial charge in [-0.2, -0.15) is 0 Å². The van der Waals surface area contributed by atoms with Gasteiger partial charge in [-0.3, -0.25) is 4.99 Å². The van der Waals surface area contributed by atoms with Crippen molar-refractivity contribution in [3.63, 3.8) is 0 Å². The Kier molecular flexibility index (Phi) is 9.84. The van der Waals surface area contributed by atoms with Crippen LogP contribution in [0, 0.1) is 0 Å². The van der Waals surface area contributed by atoms with E-state index in [1.54, 1.807) is 13.4 Å². The number of nitrogens with one attached hydrogen (secondary N) is 3. The lowest BCUT2D eigenvalue weighted by atomic mass is 10.2. The lowest BCUT2D eigenvalue weighted by Crippen LogP contribution is -2.38. The summed E-state index contributed by atoms with van der Waals surface area (Å²) in [5, 5.41) is 17.6. The largest absolute Gasteiger partial charge is 0.355 e. The summed E-state index contributed by atoms with van der Waals surface area (Å²) in [4.78, 5) is 18.4. The van der Waals surface area contributed by atoms with Gasteiger partial charge in [0.15, 0.2) is 5.96 Å². The lowest BCUT2D eigenvalue weighted by molar-refractivity contribution is 0.222. The third-order valence-electron chi connectivity index (χ3n) is 4.91. The summed E-state index contributed by atoms with van der Waals surface area (Å²) in [6, 6.07) is 7.85. The number of aryl methyl sites for hydroxylation is 1. The van der Waals surface area contributed by atoms with Gasteiger partial charge in [-0.1, -0.05) is 19.1 Å². The van der Waals surface area contributed by atoms with E-state index in [9.17, 15) is 4.79 Å².